The Morgan fingerprint density at radius 3 is 1.40 bits per heavy atom. The zero-order valence-electron chi connectivity index (χ0n) is 27.9. The average Bonchev–Trinajstić information content (AvgIpc) is 3.93. The fourth-order valence-corrected chi connectivity index (χ4v) is 8.62. The molecule has 0 saturated heterocycles. The van der Waals surface area contributed by atoms with Crippen molar-refractivity contribution < 1.29 is 8.83 Å². The largest absolute Gasteiger partial charge is 0.456 e. The standard InChI is InChI=1S/C48H28N2O2/c1-6-16-40(50-42-18-8-3-13-33(42)37-26-39-35-15-5-10-20-46(35)52-48(39)28-44(37)50)31(11-1)29-21-23-30(24-22-29)49-41-17-7-2-12-32(41)36-25-38-34-14-4-9-19-45(34)51-47(38)27-43(36)49/h1-28H. The molecule has 242 valence electrons. The van der Waals surface area contributed by atoms with E-state index in [0.29, 0.717) is 0 Å². The number of hydrogen-bond acceptors (Lipinski definition) is 2. The van der Waals surface area contributed by atoms with E-state index in [1.165, 1.54) is 32.6 Å². The molecule has 0 radical (unpaired) electrons. The smallest absolute Gasteiger partial charge is 0.137 e. The summed E-state index contributed by atoms with van der Waals surface area (Å²) in [6.45, 7) is 0. The summed E-state index contributed by atoms with van der Waals surface area (Å²) < 4.78 is 17.5. The van der Waals surface area contributed by atoms with Gasteiger partial charge < -0.3 is 18.0 Å². The molecule has 0 atom stereocenters. The second-order valence-electron chi connectivity index (χ2n) is 13.7. The highest BCUT2D eigenvalue weighted by atomic mass is 16.3. The molecule has 12 rings (SSSR count). The van der Waals surface area contributed by atoms with Crippen LogP contribution in [0.5, 0.6) is 0 Å². The zero-order valence-corrected chi connectivity index (χ0v) is 27.9. The Morgan fingerprint density at radius 1 is 0.308 bits per heavy atom. The van der Waals surface area contributed by atoms with Crippen LogP contribution in [0.1, 0.15) is 0 Å². The lowest BCUT2D eigenvalue weighted by atomic mass is 10.0. The molecule has 0 fully saturated rings. The number of fused-ring (bicyclic) bond motifs is 12. The number of para-hydroxylation sites is 5. The van der Waals surface area contributed by atoms with Crippen molar-refractivity contribution in [2.24, 2.45) is 0 Å². The lowest BCUT2D eigenvalue weighted by Gasteiger charge is -2.15. The summed E-state index contributed by atoms with van der Waals surface area (Å²) in [5.41, 5.74) is 12.7. The summed E-state index contributed by atoms with van der Waals surface area (Å²) in [6, 6.07) is 60.7. The first-order valence-corrected chi connectivity index (χ1v) is 17.7. The molecule has 4 nitrogen and oxygen atoms in total. The van der Waals surface area contributed by atoms with Gasteiger partial charge >= 0.3 is 0 Å². The number of furan rings is 2. The first-order chi connectivity index (χ1) is 25.8. The van der Waals surface area contributed by atoms with Crippen molar-refractivity contribution in [2.45, 2.75) is 0 Å². The number of rotatable bonds is 3. The monoisotopic (exact) mass is 664 g/mol. The minimum Gasteiger partial charge on any atom is -0.456 e. The third kappa shape index (κ3) is 3.75. The maximum absolute atomic E-state index is 6.39. The Kier molecular flexibility index (Phi) is 5.47. The van der Waals surface area contributed by atoms with Gasteiger partial charge in [-0.3, -0.25) is 0 Å². The maximum atomic E-state index is 6.39. The molecule has 0 bridgehead atoms. The molecule has 4 aromatic heterocycles. The molecule has 0 aliphatic carbocycles. The van der Waals surface area contributed by atoms with Gasteiger partial charge in [0.1, 0.15) is 22.3 Å². The first kappa shape index (κ1) is 27.7. The predicted octanol–water partition coefficient (Wildman–Crippen LogP) is 13.3. The second kappa shape index (κ2) is 10.3. The summed E-state index contributed by atoms with van der Waals surface area (Å²) in [5.74, 6) is 0. The molecular formula is C48H28N2O2. The van der Waals surface area contributed by atoms with Gasteiger partial charge in [0.05, 0.1) is 27.8 Å². The molecule has 4 heteroatoms. The Labute approximate surface area is 296 Å². The molecule has 12 aromatic rings. The Morgan fingerprint density at radius 2 is 0.788 bits per heavy atom. The van der Waals surface area contributed by atoms with Crippen LogP contribution in [0.15, 0.2) is 179 Å². The van der Waals surface area contributed by atoms with Gasteiger partial charge in [-0.25, -0.2) is 0 Å². The van der Waals surface area contributed by atoms with Crippen LogP contribution in [-0.4, -0.2) is 9.13 Å². The number of nitrogens with zero attached hydrogens (tertiary/aromatic N) is 2. The number of hydrogen-bond donors (Lipinski definition) is 0. The van der Waals surface area contributed by atoms with Crippen molar-refractivity contribution in [1.82, 2.24) is 9.13 Å². The van der Waals surface area contributed by atoms with Crippen LogP contribution in [0.4, 0.5) is 0 Å². The molecule has 0 aliphatic heterocycles. The van der Waals surface area contributed by atoms with Crippen molar-refractivity contribution in [1.29, 1.82) is 0 Å². The summed E-state index contributed by atoms with van der Waals surface area (Å²) >= 11 is 0. The van der Waals surface area contributed by atoms with Gasteiger partial charge in [0.25, 0.3) is 0 Å². The van der Waals surface area contributed by atoms with E-state index in [0.717, 1.165) is 77.4 Å². The first-order valence-electron chi connectivity index (χ1n) is 17.7. The summed E-state index contributed by atoms with van der Waals surface area (Å²) in [5, 5.41) is 9.44. The van der Waals surface area contributed by atoms with Crippen molar-refractivity contribution in [3.63, 3.8) is 0 Å². The van der Waals surface area contributed by atoms with Crippen molar-refractivity contribution in [3.05, 3.63) is 170 Å². The van der Waals surface area contributed by atoms with Gasteiger partial charge in [-0.05, 0) is 60.2 Å². The van der Waals surface area contributed by atoms with Gasteiger partial charge in [0.15, 0.2) is 0 Å². The van der Waals surface area contributed by atoms with Crippen LogP contribution in [0, 0.1) is 0 Å². The van der Waals surface area contributed by atoms with E-state index in [2.05, 4.69) is 155 Å². The molecule has 0 amide bonds. The van der Waals surface area contributed by atoms with Gasteiger partial charge in [0.2, 0.25) is 0 Å². The molecule has 52 heavy (non-hydrogen) atoms. The average molecular weight is 665 g/mol. The second-order valence-corrected chi connectivity index (χ2v) is 13.7. The molecule has 0 N–H and O–H groups in total. The molecule has 4 heterocycles. The van der Waals surface area contributed by atoms with Crippen LogP contribution < -0.4 is 0 Å². The van der Waals surface area contributed by atoms with Gasteiger partial charge in [-0.15, -0.1) is 0 Å². The highest BCUT2D eigenvalue weighted by Crippen LogP contribution is 2.42. The van der Waals surface area contributed by atoms with Crippen LogP contribution in [-0.2, 0) is 0 Å². The SMILES string of the molecule is c1ccc(-n2c3ccccc3c3cc4c(cc32)oc2ccccc24)c(-c2ccc(-n3c4ccccc4c4cc5c(cc43)oc3ccccc35)cc2)c1. The highest BCUT2D eigenvalue weighted by molar-refractivity contribution is 6.19. The molecular weight excluding hydrogens is 637 g/mol. The van der Waals surface area contributed by atoms with E-state index in [-0.39, 0.29) is 0 Å². The Hall–Kier alpha value is -7.04. The number of benzene rings is 8. The van der Waals surface area contributed by atoms with Crippen LogP contribution in [0.25, 0.3) is 110 Å². The van der Waals surface area contributed by atoms with E-state index in [1.54, 1.807) is 0 Å². The van der Waals surface area contributed by atoms with E-state index < -0.39 is 0 Å². The Bertz CT molecular complexity index is 3410. The van der Waals surface area contributed by atoms with E-state index >= 15 is 0 Å². The normalized spacial score (nSPS) is 12.2. The van der Waals surface area contributed by atoms with Gasteiger partial charge in [-0.2, -0.15) is 0 Å². The quantitative estimate of drug-likeness (QED) is 0.188. The predicted molar refractivity (Wildman–Crippen MR) is 215 cm³/mol. The molecule has 0 saturated carbocycles. The third-order valence-corrected chi connectivity index (χ3v) is 10.9. The van der Waals surface area contributed by atoms with Crippen molar-refractivity contribution in [3.8, 4) is 22.5 Å². The van der Waals surface area contributed by atoms with Crippen LogP contribution >= 0.6 is 0 Å². The van der Waals surface area contributed by atoms with E-state index in [1.807, 2.05) is 24.3 Å². The third-order valence-electron chi connectivity index (χ3n) is 10.9. The minimum absolute atomic E-state index is 0.894. The molecule has 0 spiro atoms. The minimum atomic E-state index is 0.894. The van der Waals surface area contributed by atoms with E-state index in [4.69, 9.17) is 8.83 Å². The summed E-state index contributed by atoms with van der Waals surface area (Å²) in [4.78, 5) is 0. The summed E-state index contributed by atoms with van der Waals surface area (Å²) in [7, 11) is 0. The molecule has 0 unspecified atom stereocenters. The highest BCUT2D eigenvalue weighted by Gasteiger charge is 2.20. The lowest BCUT2D eigenvalue weighted by Crippen LogP contribution is -1.98. The van der Waals surface area contributed by atoms with Crippen LogP contribution in [0.2, 0.25) is 0 Å². The van der Waals surface area contributed by atoms with Crippen molar-refractivity contribution in [2.75, 3.05) is 0 Å². The zero-order chi connectivity index (χ0) is 33.9. The van der Waals surface area contributed by atoms with E-state index in [9.17, 15) is 0 Å². The lowest BCUT2D eigenvalue weighted by molar-refractivity contribution is 0.669. The van der Waals surface area contributed by atoms with Crippen molar-refractivity contribution >= 4 is 87.5 Å². The van der Waals surface area contributed by atoms with Crippen LogP contribution in [0.3, 0.4) is 0 Å². The number of aromatic nitrogens is 2. The molecule has 0 aliphatic rings. The van der Waals surface area contributed by atoms with Gasteiger partial charge in [-0.1, -0.05) is 103 Å². The fraction of sp³-hybridized carbons (Fsp3) is 0. The topological polar surface area (TPSA) is 36.1 Å². The fourth-order valence-electron chi connectivity index (χ4n) is 8.62. The van der Waals surface area contributed by atoms with Gasteiger partial charge in [0, 0.05) is 66.5 Å². The maximum Gasteiger partial charge on any atom is 0.137 e. The molecule has 8 aromatic carbocycles. The summed E-state index contributed by atoms with van der Waals surface area (Å²) in [6.07, 6.45) is 0. The Balaban J connectivity index is 1.05.